The van der Waals surface area contributed by atoms with Crippen molar-refractivity contribution in [3.63, 3.8) is 0 Å². The number of methoxy groups -OCH3 is 1. The van der Waals surface area contributed by atoms with E-state index in [4.69, 9.17) is 9.47 Å². The topological polar surface area (TPSA) is 61.6 Å². The number of ether oxygens (including phenoxy) is 2. The molecule has 0 amide bonds. The Balaban J connectivity index is 3.07. The molecule has 0 radical (unpaired) electrons. The zero-order chi connectivity index (χ0) is 10.6. The van der Waals surface area contributed by atoms with E-state index in [2.05, 4.69) is 0 Å². The Bertz CT molecular complexity index is 338. The second-order valence-corrected chi connectivity index (χ2v) is 2.52. The Morgan fingerprint density at radius 3 is 2.71 bits per heavy atom. The molecule has 0 spiro atoms. The molecule has 0 aliphatic carbocycles. The SMILES string of the molecule is CCOc1ccc(OC)c([N+](=O)[O-])c1. The maximum Gasteiger partial charge on any atom is 0.314 e. The van der Waals surface area contributed by atoms with Gasteiger partial charge in [0.2, 0.25) is 0 Å². The van der Waals surface area contributed by atoms with Gasteiger partial charge in [-0.3, -0.25) is 10.1 Å². The summed E-state index contributed by atoms with van der Waals surface area (Å²) in [4.78, 5) is 10.1. The lowest BCUT2D eigenvalue weighted by Gasteiger charge is -2.05. The first kappa shape index (κ1) is 10.3. The Morgan fingerprint density at radius 1 is 1.50 bits per heavy atom. The number of hydrogen-bond donors (Lipinski definition) is 0. The molecular weight excluding hydrogens is 186 g/mol. The fraction of sp³-hybridized carbons (Fsp3) is 0.333. The molecule has 0 aliphatic heterocycles. The number of nitro benzene ring substituents is 1. The summed E-state index contributed by atoms with van der Waals surface area (Å²) >= 11 is 0. The van der Waals surface area contributed by atoms with Crippen molar-refractivity contribution in [2.75, 3.05) is 13.7 Å². The summed E-state index contributed by atoms with van der Waals surface area (Å²) in [5, 5.41) is 10.6. The van der Waals surface area contributed by atoms with Gasteiger partial charge in [-0.25, -0.2) is 0 Å². The molecule has 0 saturated heterocycles. The summed E-state index contributed by atoms with van der Waals surface area (Å²) in [5.74, 6) is 0.707. The maximum absolute atomic E-state index is 10.6. The Labute approximate surface area is 81.4 Å². The number of benzene rings is 1. The number of hydrogen-bond acceptors (Lipinski definition) is 4. The van der Waals surface area contributed by atoms with Gasteiger partial charge in [-0.15, -0.1) is 0 Å². The predicted molar refractivity (Wildman–Crippen MR) is 50.8 cm³/mol. The summed E-state index contributed by atoms with van der Waals surface area (Å²) in [5.41, 5.74) is -0.0848. The van der Waals surface area contributed by atoms with E-state index in [0.29, 0.717) is 12.4 Å². The maximum atomic E-state index is 10.6. The van der Waals surface area contributed by atoms with Crippen molar-refractivity contribution in [2.24, 2.45) is 0 Å². The molecule has 14 heavy (non-hydrogen) atoms. The van der Waals surface area contributed by atoms with E-state index in [1.165, 1.54) is 19.2 Å². The molecule has 0 unspecified atom stereocenters. The lowest BCUT2D eigenvalue weighted by Crippen LogP contribution is -1.96. The minimum Gasteiger partial charge on any atom is -0.494 e. The van der Waals surface area contributed by atoms with Crippen molar-refractivity contribution < 1.29 is 14.4 Å². The van der Waals surface area contributed by atoms with Gasteiger partial charge in [0, 0.05) is 0 Å². The van der Waals surface area contributed by atoms with Crippen LogP contribution in [-0.2, 0) is 0 Å². The van der Waals surface area contributed by atoms with Crippen LogP contribution in [0, 0.1) is 10.1 Å². The van der Waals surface area contributed by atoms with Crippen molar-refractivity contribution in [1.82, 2.24) is 0 Å². The third-order valence-corrected chi connectivity index (χ3v) is 1.66. The van der Waals surface area contributed by atoms with Gasteiger partial charge in [0.05, 0.1) is 24.7 Å². The molecule has 5 heteroatoms. The summed E-state index contributed by atoms with van der Waals surface area (Å²) in [7, 11) is 1.39. The zero-order valence-electron chi connectivity index (χ0n) is 8.02. The van der Waals surface area contributed by atoms with E-state index >= 15 is 0 Å². The van der Waals surface area contributed by atoms with E-state index in [0.717, 1.165) is 0 Å². The summed E-state index contributed by atoms with van der Waals surface area (Å²) in [6.07, 6.45) is 0. The van der Waals surface area contributed by atoms with E-state index in [-0.39, 0.29) is 11.4 Å². The third kappa shape index (κ3) is 2.12. The molecule has 0 aliphatic rings. The second-order valence-electron chi connectivity index (χ2n) is 2.52. The van der Waals surface area contributed by atoms with Crippen LogP contribution in [0.2, 0.25) is 0 Å². The van der Waals surface area contributed by atoms with Gasteiger partial charge >= 0.3 is 5.69 Å². The van der Waals surface area contributed by atoms with Crippen molar-refractivity contribution >= 4 is 5.69 Å². The lowest BCUT2D eigenvalue weighted by atomic mass is 10.3. The van der Waals surface area contributed by atoms with Crippen LogP contribution in [0.25, 0.3) is 0 Å². The molecule has 0 bridgehead atoms. The number of nitro groups is 1. The highest BCUT2D eigenvalue weighted by Crippen LogP contribution is 2.30. The van der Waals surface area contributed by atoms with Gasteiger partial charge < -0.3 is 9.47 Å². The first-order valence-electron chi connectivity index (χ1n) is 4.14. The highest BCUT2D eigenvalue weighted by atomic mass is 16.6. The van der Waals surface area contributed by atoms with Gasteiger partial charge in [-0.05, 0) is 19.1 Å². The Hall–Kier alpha value is -1.78. The van der Waals surface area contributed by atoms with Crippen LogP contribution in [0.5, 0.6) is 11.5 Å². The van der Waals surface area contributed by atoms with Gasteiger partial charge in [0.1, 0.15) is 5.75 Å². The third-order valence-electron chi connectivity index (χ3n) is 1.66. The molecule has 0 fully saturated rings. The molecule has 1 aromatic rings. The van der Waals surface area contributed by atoms with Crippen molar-refractivity contribution in [3.8, 4) is 11.5 Å². The molecule has 0 N–H and O–H groups in total. The van der Waals surface area contributed by atoms with Gasteiger partial charge in [-0.1, -0.05) is 0 Å². The van der Waals surface area contributed by atoms with Crippen LogP contribution in [0.15, 0.2) is 18.2 Å². The molecule has 0 saturated carbocycles. The summed E-state index contributed by atoms with van der Waals surface area (Å²) in [6, 6.07) is 4.50. The van der Waals surface area contributed by atoms with E-state index in [9.17, 15) is 10.1 Å². The summed E-state index contributed by atoms with van der Waals surface area (Å²) in [6.45, 7) is 2.29. The molecule has 1 aromatic carbocycles. The average molecular weight is 197 g/mol. The van der Waals surface area contributed by atoms with Crippen LogP contribution >= 0.6 is 0 Å². The quantitative estimate of drug-likeness (QED) is 0.547. The number of nitrogens with zero attached hydrogens (tertiary/aromatic N) is 1. The smallest absolute Gasteiger partial charge is 0.314 e. The van der Waals surface area contributed by atoms with Crippen molar-refractivity contribution in [2.45, 2.75) is 6.92 Å². The fourth-order valence-corrected chi connectivity index (χ4v) is 1.07. The van der Waals surface area contributed by atoms with Crippen LogP contribution in [0.3, 0.4) is 0 Å². The standard InChI is InChI=1S/C9H11NO4/c1-3-14-7-4-5-9(13-2)8(6-7)10(11)12/h4-6H,3H2,1-2H3. The summed E-state index contributed by atoms with van der Waals surface area (Å²) < 4.78 is 9.98. The van der Waals surface area contributed by atoms with Crippen LogP contribution in [-0.4, -0.2) is 18.6 Å². The van der Waals surface area contributed by atoms with Gasteiger partial charge in [-0.2, -0.15) is 0 Å². The number of rotatable bonds is 4. The van der Waals surface area contributed by atoms with Gasteiger partial charge in [0.25, 0.3) is 0 Å². The average Bonchev–Trinajstić information content (AvgIpc) is 2.18. The Morgan fingerprint density at radius 2 is 2.21 bits per heavy atom. The first-order valence-corrected chi connectivity index (χ1v) is 4.14. The zero-order valence-corrected chi connectivity index (χ0v) is 8.02. The monoisotopic (exact) mass is 197 g/mol. The van der Waals surface area contributed by atoms with Crippen molar-refractivity contribution in [3.05, 3.63) is 28.3 Å². The van der Waals surface area contributed by atoms with Crippen LogP contribution in [0.1, 0.15) is 6.92 Å². The Kier molecular flexibility index (Phi) is 3.28. The largest absolute Gasteiger partial charge is 0.494 e. The lowest BCUT2D eigenvalue weighted by molar-refractivity contribution is -0.385. The van der Waals surface area contributed by atoms with Crippen LogP contribution in [0.4, 0.5) is 5.69 Å². The fourth-order valence-electron chi connectivity index (χ4n) is 1.07. The second kappa shape index (κ2) is 4.45. The molecule has 0 aromatic heterocycles. The van der Waals surface area contributed by atoms with E-state index in [1.54, 1.807) is 6.07 Å². The minimum atomic E-state index is -0.499. The molecule has 0 heterocycles. The van der Waals surface area contributed by atoms with E-state index < -0.39 is 4.92 Å². The molecule has 5 nitrogen and oxygen atoms in total. The molecule has 0 atom stereocenters. The molecule has 76 valence electrons. The molecule has 1 rings (SSSR count). The normalized spacial score (nSPS) is 9.57. The minimum absolute atomic E-state index is 0.0848. The predicted octanol–water partition coefficient (Wildman–Crippen LogP) is 2.00. The molecular formula is C9H11NO4. The highest BCUT2D eigenvalue weighted by molar-refractivity contribution is 5.50. The first-order chi connectivity index (χ1) is 6.69. The van der Waals surface area contributed by atoms with Crippen LogP contribution < -0.4 is 9.47 Å². The highest BCUT2D eigenvalue weighted by Gasteiger charge is 2.15. The van der Waals surface area contributed by atoms with Crippen molar-refractivity contribution in [1.29, 1.82) is 0 Å². The van der Waals surface area contributed by atoms with Gasteiger partial charge in [0.15, 0.2) is 5.75 Å². The van der Waals surface area contributed by atoms with E-state index in [1.807, 2.05) is 6.92 Å².